The number of carbonyl (C=O) groups is 2. The quantitative estimate of drug-likeness (QED) is 0.426. The summed E-state index contributed by atoms with van der Waals surface area (Å²) in [6.07, 6.45) is 1.50. The summed E-state index contributed by atoms with van der Waals surface area (Å²) in [5.41, 5.74) is 0. The fourth-order valence-electron chi connectivity index (χ4n) is 2.85. The lowest BCUT2D eigenvalue weighted by Crippen LogP contribution is -2.43. The van der Waals surface area contributed by atoms with Gasteiger partial charge in [0.05, 0.1) is 17.9 Å². The van der Waals surface area contributed by atoms with Crippen molar-refractivity contribution in [1.29, 1.82) is 0 Å². The predicted octanol–water partition coefficient (Wildman–Crippen LogP) is 2.31. The number of carbonyl (C=O) groups excluding carboxylic acids is 2. The number of rotatable bonds is 7. The lowest BCUT2D eigenvalue weighted by Gasteiger charge is -2.27. The molecule has 0 aromatic carbocycles. The van der Waals surface area contributed by atoms with Crippen LogP contribution in [-0.4, -0.2) is 50.1 Å². The molecule has 2 aliphatic rings. The highest BCUT2D eigenvalue weighted by Gasteiger charge is 2.43. The van der Waals surface area contributed by atoms with E-state index >= 15 is 0 Å². The number of hydrogen-bond donors (Lipinski definition) is 1. The first-order valence-electron chi connectivity index (χ1n) is 8.18. The minimum absolute atomic E-state index is 0.0711. The van der Waals surface area contributed by atoms with Crippen LogP contribution in [0.2, 0.25) is 0 Å². The third kappa shape index (κ3) is 5.42. The molecule has 142 valence electrons. The van der Waals surface area contributed by atoms with E-state index in [1.165, 1.54) is 0 Å². The maximum Gasteiger partial charge on any atom is 0.340 e. The number of esters is 1. The molecule has 0 unspecified atom stereocenters. The maximum absolute atomic E-state index is 12.9. The van der Waals surface area contributed by atoms with Gasteiger partial charge in [-0.2, -0.15) is 8.78 Å². The topological polar surface area (TPSA) is 64.6 Å². The molecule has 1 aliphatic heterocycles. The number of allylic oxidation sites excluding steroid dienone is 2. The molecule has 9 heteroatoms. The van der Waals surface area contributed by atoms with Gasteiger partial charge in [0, 0.05) is 13.2 Å². The largest absolute Gasteiger partial charge is 0.459 e. The third-order valence-electron chi connectivity index (χ3n) is 4.33. The second kappa shape index (κ2) is 8.64. The molecule has 0 bridgehead atoms. The Bertz CT molecular complexity index is 506. The van der Waals surface area contributed by atoms with Crippen LogP contribution in [0.5, 0.6) is 0 Å². The van der Waals surface area contributed by atoms with Crippen LogP contribution in [0.1, 0.15) is 25.7 Å². The Morgan fingerprint density at radius 2 is 1.92 bits per heavy atom. The summed E-state index contributed by atoms with van der Waals surface area (Å²) in [4.78, 5) is 24.3. The molecule has 25 heavy (non-hydrogen) atoms. The molecular formula is C16H21F4NO4. The lowest BCUT2D eigenvalue weighted by atomic mass is 9.82. The van der Waals surface area contributed by atoms with Gasteiger partial charge in [0.25, 0.3) is 0 Å². The summed E-state index contributed by atoms with van der Waals surface area (Å²) in [5.74, 6) is -7.62. The van der Waals surface area contributed by atoms with Crippen LogP contribution in [0.3, 0.4) is 0 Å². The first kappa shape index (κ1) is 19.7. The van der Waals surface area contributed by atoms with Gasteiger partial charge in [0.2, 0.25) is 5.91 Å². The number of alkyl halides is 4. The minimum atomic E-state index is -4.41. The van der Waals surface area contributed by atoms with Crippen molar-refractivity contribution >= 4 is 11.9 Å². The SMILES string of the molecule is O=C(NC[C@H]1CCCO1)[C@H]1CC=CC[C@@H]1C(=O)OCC(F)(F)C(F)F. The molecule has 2 rings (SSSR count). The van der Waals surface area contributed by atoms with Gasteiger partial charge in [0.1, 0.15) is 0 Å². The lowest BCUT2D eigenvalue weighted by molar-refractivity contribution is -0.184. The molecular weight excluding hydrogens is 346 g/mol. The predicted molar refractivity (Wildman–Crippen MR) is 79.2 cm³/mol. The van der Waals surface area contributed by atoms with Crippen molar-refractivity contribution in [2.24, 2.45) is 11.8 Å². The smallest absolute Gasteiger partial charge is 0.340 e. The zero-order valence-corrected chi connectivity index (χ0v) is 13.6. The van der Waals surface area contributed by atoms with E-state index in [-0.39, 0.29) is 18.9 Å². The average Bonchev–Trinajstić information content (AvgIpc) is 3.11. The molecule has 1 heterocycles. The number of halogens is 4. The van der Waals surface area contributed by atoms with E-state index in [0.29, 0.717) is 13.2 Å². The Labute approximate surface area is 142 Å². The van der Waals surface area contributed by atoms with Gasteiger partial charge in [-0.05, 0) is 25.7 Å². The summed E-state index contributed by atoms with van der Waals surface area (Å²) in [7, 11) is 0. The highest BCUT2D eigenvalue weighted by atomic mass is 19.3. The van der Waals surface area contributed by atoms with E-state index < -0.39 is 42.7 Å². The Morgan fingerprint density at radius 1 is 1.24 bits per heavy atom. The number of nitrogens with one attached hydrogen (secondary N) is 1. The van der Waals surface area contributed by atoms with Crippen LogP contribution in [0.4, 0.5) is 17.6 Å². The Hall–Kier alpha value is -1.64. The van der Waals surface area contributed by atoms with Crippen LogP contribution < -0.4 is 5.32 Å². The summed E-state index contributed by atoms with van der Waals surface area (Å²) in [6, 6.07) is 0. The Balaban J connectivity index is 1.89. The molecule has 0 spiro atoms. The molecule has 0 saturated carbocycles. The number of hydrogen-bond acceptors (Lipinski definition) is 4. The zero-order chi connectivity index (χ0) is 18.4. The van der Waals surface area contributed by atoms with Gasteiger partial charge in [-0.3, -0.25) is 9.59 Å². The molecule has 0 radical (unpaired) electrons. The van der Waals surface area contributed by atoms with Crippen molar-refractivity contribution in [3.05, 3.63) is 12.2 Å². The van der Waals surface area contributed by atoms with Gasteiger partial charge in [-0.15, -0.1) is 0 Å². The van der Waals surface area contributed by atoms with Crippen LogP contribution in [0.25, 0.3) is 0 Å². The van der Waals surface area contributed by atoms with Crippen molar-refractivity contribution in [2.75, 3.05) is 19.8 Å². The highest BCUT2D eigenvalue weighted by Crippen LogP contribution is 2.29. The van der Waals surface area contributed by atoms with E-state index in [4.69, 9.17) is 4.74 Å². The first-order chi connectivity index (χ1) is 11.8. The molecule has 1 saturated heterocycles. The van der Waals surface area contributed by atoms with Crippen molar-refractivity contribution in [3.63, 3.8) is 0 Å². The first-order valence-corrected chi connectivity index (χ1v) is 8.18. The fraction of sp³-hybridized carbons (Fsp3) is 0.750. The van der Waals surface area contributed by atoms with Crippen LogP contribution in [-0.2, 0) is 19.1 Å². The third-order valence-corrected chi connectivity index (χ3v) is 4.33. The molecule has 3 atom stereocenters. The van der Waals surface area contributed by atoms with E-state index in [2.05, 4.69) is 10.1 Å². The average molecular weight is 367 g/mol. The summed E-state index contributed by atoms with van der Waals surface area (Å²) in [5, 5.41) is 2.70. The maximum atomic E-state index is 12.9. The van der Waals surface area contributed by atoms with Crippen LogP contribution in [0.15, 0.2) is 12.2 Å². The normalized spacial score (nSPS) is 26.7. The van der Waals surface area contributed by atoms with Crippen LogP contribution >= 0.6 is 0 Å². The van der Waals surface area contributed by atoms with Gasteiger partial charge in [-0.1, -0.05) is 12.2 Å². The van der Waals surface area contributed by atoms with Crippen LogP contribution in [0, 0.1) is 11.8 Å². The van der Waals surface area contributed by atoms with E-state index in [1.54, 1.807) is 12.2 Å². The second-order valence-electron chi connectivity index (χ2n) is 6.21. The summed E-state index contributed by atoms with van der Waals surface area (Å²) >= 11 is 0. The van der Waals surface area contributed by atoms with E-state index in [0.717, 1.165) is 12.8 Å². The summed E-state index contributed by atoms with van der Waals surface area (Å²) < 4.78 is 59.8. The minimum Gasteiger partial charge on any atom is -0.459 e. The molecule has 1 amide bonds. The van der Waals surface area contributed by atoms with Gasteiger partial charge in [0.15, 0.2) is 6.61 Å². The van der Waals surface area contributed by atoms with Crippen molar-refractivity contribution < 1.29 is 36.6 Å². The van der Waals surface area contributed by atoms with Crippen molar-refractivity contribution in [2.45, 2.75) is 44.1 Å². The standard InChI is InChI=1S/C16H21F4NO4/c17-15(18)16(19,20)9-25-14(23)12-6-2-1-5-11(12)13(22)21-8-10-4-3-7-24-10/h1-2,10-12,15H,3-9H2,(H,21,22)/t10-,11+,12+/m1/s1. The monoisotopic (exact) mass is 367 g/mol. The molecule has 1 N–H and O–H groups in total. The van der Waals surface area contributed by atoms with Crippen molar-refractivity contribution in [3.8, 4) is 0 Å². The molecule has 1 fully saturated rings. The molecule has 1 aliphatic carbocycles. The second-order valence-corrected chi connectivity index (χ2v) is 6.21. The number of amides is 1. The zero-order valence-electron chi connectivity index (χ0n) is 13.6. The van der Waals surface area contributed by atoms with E-state index in [9.17, 15) is 27.2 Å². The molecule has 0 aromatic rings. The Morgan fingerprint density at radius 3 is 2.52 bits per heavy atom. The molecule has 5 nitrogen and oxygen atoms in total. The highest BCUT2D eigenvalue weighted by molar-refractivity contribution is 5.86. The van der Waals surface area contributed by atoms with Crippen molar-refractivity contribution in [1.82, 2.24) is 5.32 Å². The molecule has 0 aromatic heterocycles. The Kier molecular flexibility index (Phi) is 6.80. The summed E-state index contributed by atoms with van der Waals surface area (Å²) in [6.45, 7) is -0.752. The fourth-order valence-corrected chi connectivity index (χ4v) is 2.85. The van der Waals surface area contributed by atoms with Gasteiger partial charge >= 0.3 is 18.3 Å². The van der Waals surface area contributed by atoms with Gasteiger partial charge < -0.3 is 14.8 Å². The number of ether oxygens (including phenoxy) is 2. The van der Waals surface area contributed by atoms with Gasteiger partial charge in [-0.25, -0.2) is 8.78 Å². The van der Waals surface area contributed by atoms with E-state index in [1.807, 2.05) is 0 Å².